The molecule has 1 aliphatic carbocycles. The van der Waals surface area contributed by atoms with Crippen LogP contribution < -0.4 is 5.32 Å². The maximum Gasteiger partial charge on any atom is 0.312 e. The Hall–Kier alpha value is -1.88. The Kier molecular flexibility index (Phi) is 4.52. The third-order valence-electron chi connectivity index (χ3n) is 2.98. The summed E-state index contributed by atoms with van der Waals surface area (Å²) in [6.45, 7) is 0.333. The number of nitrogens with zero attached hydrogens (tertiary/aromatic N) is 1. The number of aliphatic hydroxyl groups is 1. The fourth-order valence-electron chi connectivity index (χ4n) is 1.80. The molecule has 1 aliphatic rings. The van der Waals surface area contributed by atoms with Crippen molar-refractivity contribution in [3.63, 3.8) is 0 Å². The second kappa shape index (κ2) is 6.33. The molecule has 19 heavy (non-hydrogen) atoms. The zero-order chi connectivity index (χ0) is 13.7. The summed E-state index contributed by atoms with van der Waals surface area (Å²) < 4.78 is 0. The number of nitrogens with one attached hydrogen (secondary N) is 1. The summed E-state index contributed by atoms with van der Waals surface area (Å²) in [7, 11) is 0. The standard InChI is InChI=1S/C14H18N2O3/c17-9-8-16(10-11-4-2-1-3-5-11)14(19)13(18)15-12-6-7-12/h1-5,12,17H,6-10H2,(H,15,18). The molecule has 5 heteroatoms. The van der Waals surface area contributed by atoms with Crippen LogP contribution >= 0.6 is 0 Å². The molecule has 0 heterocycles. The van der Waals surface area contributed by atoms with Crippen molar-refractivity contribution in [1.82, 2.24) is 10.2 Å². The van der Waals surface area contributed by atoms with E-state index in [-0.39, 0.29) is 19.2 Å². The van der Waals surface area contributed by atoms with Crippen molar-refractivity contribution in [3.05, 3.63) is 35.9 Å². The van der Waals surface area contributed by atoms with Gasteiger partial charge in [-0.1, -0.05) is 30.3 Å². The zero-order valence-corrected chi connectivity index (χ0v) is 10.7. The van der Waals surface area contributed by atoms with E-state index in [0.29, 0.717) is 6.54 Å². The molecule has 0 aliphatic heterocycles. The molecule has 2 rings (SSSR count). The molecular formula is C14H18N2O3. The van der Waals surface area contributed by atoms with E-state index in [9.17, 15) is 9.59 Å². The topological polar surface area (TPSA) is 69.6 Å². The molecule has 1 fully saturated rings. The van der Waals surface area contributed by atoms with Gasteiger partial charge in [-0.05, 0) is 18.4 Å². The van der Waals surface area contributed by atoms with Gasteiger partial charge in [0.25, 0.3) is 0 Å². The number of rotatable bonds is 5. The summed E-state index contributed by atoms with van der Waals surface area (Å²) >= 11 is 0. The molecule has 0 saturated heterocycles. The Morgan fingerprint density at radius 1 is 1.26 bits per heavy atom. The highest BCUT2D eigenvalue weighted by molar-refractivity contribution is 6.35. The maximum atomic E-state index is 12.0. The van der Waals surface area contributed by atoms with E-state index < -0.39 is 11.8 Å². The van der Waals surface area contributed by atoms with Crippen LogP contribution in [0.3, 0.4) is 0 Å². The highest BCUT2D eigenvalue weighted by Gasteiger charge is 2.28. The number of benzene rings is 1. The van der Waals surface area contributed by atoms with Gasteiger partial charge in [-0.25, -0.2) is 0 Å². The molecule has 2 N–H and O–H groups in total. The molecule has 1 aromatic carbocycles. The normalized spacial score (nSPS) is 13.9. The second-order valence-corrected chi connectivity index (χ2v) is 4.68. The molecule has 0 atom stereocenters. The van der Waals surface area contributed by atoms with Crippen molar-refractivity contribution in [1.29, 1.82) is 0 Å². The molecule has 1 aromatic rings. The minimum absolute atomic E-state index is 0.157. The van der Waals surface area contributed by atoms with Crippen LogP contribution in [0, 0.1) is 0 Å². The molecule has 1 saturated carbocycles. The number of hydrogen-bond donors (Lipinski definition) is 2. The number of hydrogen-bond acceptors (Lipinski definition) is 3. The number of aliphatic hydroxyl groups excluding tert-OH is 1. The van der Waals surface area contributed by atoms with E-state index in [1.807, 2.05) is 30.3 Å². The average Bonchev–Trinajstić information content (AvgIpc) is 3.22. The van der Waals surface area contributed by atoms with Crippen molar-refractivity contribution in [2.75, 3.05) is 13.2 Å². The predicted molar refractivity (Wildman–Crippen MR) is 70.1 cm³/mol. The van der Waals surface area contributed by atoms with Gasteiger partial charge in [0.15, 0.2) is 0 Å². The predicted octanol–water partition coefficient (Wildman–Crippen LogP) is 0.286. The highest BCUT2D eigenvalue weighted by Crippen LogP contribution is 2.18. The van der Waals surface area contributed by atoms with Gasteiger partial charge < -0.3 is 15.3 Å². The molecule has 0 bridgehead atoms. The average molecular weight is 262 g/mol. The summed E-state index contributed by atoms with van der Waals surface area (Å²) in [5.41, 5.74) is 0.934. The quantitative estimate of drug-likeness (QED) is 0.749. The van der Waals surface area contributed by atoms with Crippen LogP contribution in [0.15, 0.2) is 30.3 Å². The van der Waals surface area contributed by atoms with E-state index in [2.05, 4.69) is 5.32 Å². The minimum Gasteiger partial charge on any atom is -0.395 e. The van der Waals surface area contributed by atoms with Crippen LogP contribution in [-0.2, 0) is 16.1 Å². The first-order valence-electron chi connectivity index (χ1n) is 6.45. The molecule has 0 radical (unpaired) electrons. The Labute approximate surface area is 112 Å². The summed E-state index contributed by atoms with van der Waals surface area (Å²) in [5.74, 6) is -1.16. The Bertz CT molecular complexity index is 443. The van der Waals surface area contributed by atoms with Crippen LogP contribution in [0.2, 0.25) is 0 Å². The highest BCUT2D eigenvalue weighted by atomic mass is 16.3. The lowest BCUT2D eigenvalue weighted by Gasteiger charge is -2.21. The number of carbonyl (C=O) groups excluding carboxylic acids is 2. The van der Waals surface area contributed by atoms with Crippen molar-refractivity contribution < 1.29 is 14.7 Å². The van der Waals surface area contributed by atoms with Crippen LogP contribution in [0.1, 0.15) is 18.4 Å². The third kappa shape index (κ3) is 4.06. The Morgan fingerprint density at radius 2 is 1.95 bits per heavy atom. The summed E-state index contributed by atoms with van der Waals surface area (Å²) in [6.07, 6.45) is 1.88. The van der Waals surface area contributed by atoms with Crippen molar-refractivity contribution in [3.8, 4) is 0 Å². The third-order valence-corrected chi connectivity index (χ3v) is 2.98. The van der Waals surface area contributed by atoms with Gasteiger partial charge in [0.1, 0.15) is 0 Å². The first-order chi connectivity index (χ1) is 9.20. The van der Waals surface area contributed by atoms with E-state index >= 15 is 0 Å². The van der Waals surface area contributed by atoms with Crippen LogP contribution in [0.5, 0.6) is 0 Å². The Morgan fingerprint density at radius 3 is 2.53 bits per heavy atom. The van der Waals surface area contributed by atoms with Crippen molar-refractivity contribution in [2.45, 2.75) is 25.4 Å². The first-order valence-corrected chi connectivity index (χ1v) is 6.45. The fraction of sp³-hybridized carbons (Fsp3) is 0.429. The molecular weight excluding hydrogens is 244 g/mol. The first kappa shape index (κ1) is 13.5. The van der Waals surface area contributed by atoms with Crippen LogP contribution in [0.25, 0.3) is 0 Å². The van der Waals surface area contributed by atoms with E-state index in [1.165, 1.54) is 4.90 Å². The minimum atomic E-state index is -0.579. The van der Waals surface area contributed by atoms with E-state index in [4.69, 9.17) is 5.11 Å². The summed E-state index contributed by atoms with van der Waals surface area (Å²) in [5, 5.41) is 11.7. The van der Waals surface area contributed by atoms with Gasteiger partial charge in [-0.2, -0.15) is 0 Å². The van der Waals surface area contributed by atoms with Gasteiger partial charge in [0.05, 0.1) is 6.61 Å². The van der Waals surface area contributed by atoms with Crippen LogP contribution in [-0.4, -0.2) is 41.0 Å². The maximum absolute atomic E-state index is 12.0. The smallest absolute Gasteiger partial charge is 0.312 e. The summed E-state index contributed by atoms with van der Waals surface area (Å²) in [6, 6.07) is 9.57. The zero-order valence-electron chi connectivity index (χ0n) is 10.7. The number of amides is 2. The van der Waals surface area contributed by atoms with Gasteiger partial charge in [0, 0.05) is 19.1 Å². The lowest BCUT2D eigenvalue weighted by atomic mass is 10.2. The van der Waals surface area contributed by atoms with E-state index in [1.54, 1.807) is 0 Å². The molecule has 102 valence electrons. The monoisotopic (exact) mass is 262 g/mol. The van der Waals surface area contributed by atoms with Gasteiger partial charge >= 0.3 is 11.8 Å². The number of carbonyl (C=O) groups is 2. The molecule has 2 amide bonds. The largest absolute Gasteiger partial charge is 0.395 e. The fourth-order valence-corrected chi connectivity index (χ4v) is 1.80. The van der Waals surface area contributed by atoms with Gasteiger partial charge in [-0.15, -0.1) is 0 Å². The molecule has 0 spiro atoms. The lowest BCUT2D eigenvalue weighted by molar-refractivity contribution is -0.146. The van der Waals surface area contributed by atoms with Gasteiger partial charge in [-0.3, -0.25) is 9.59 Å². The SMILES string of the molecule is O=C(NC1CC1)C(=O)N(CCO)Cc1ccccc1. The second-order valence-electron chi connectivity index (χ2n) is 4.68. The Balaban J connectivity index is 1.97. The molecule has 5 nitrogen and oxygen atoms in total. The molecule has 0 unspecified atom stereocenters. The van der Waals surface area contributed by atoms with Crippen LogP contribution in [0.4, 0.5) is 0 Å². The van der Waals surface area contributed by atoms with E-state index in [0.717, 1.165) is 18.4 Å². The van der Waals surface area contributed by atoms with Crippen molar-refractivity contribution in [2.24, 2.45) is 0 Å². The molecule has 0 aromatic heterocycles. The lowest BCUT2D eigenvalue weighted by Crippen LogP contribution is -2.44. The van der Waals surface area contributed by atoms with Gasteiger partial charge in [0.2, 0.25) is 0 Å². The van der Waals surface area contributed by atoms with Crippen molar-refractivity contribution >= 4 is 11.8 Å². The summed E-state index contributed by atoms with van der Waals surface area (Å²) in [4.78, 5) is 25.1.